The molecule has 19 heavy (non-hydrogen) atoms. The topological polar surface area (TPSA) is 75.2 Å². The minimum atomic E-state index is 0.610. The van der Waals surface area contributed by atoms with Crippen molar-refractivity contribution in [2.24, 2.45) is 7.05 Å². The molecule has 6 nitrogen and oxygen atoms in total. The molecule has 102 valence electrons. The summed E-state index contributed by atoms with van der Waals surface area (Å²) in [6.07, 6.45) is 0. The minimum absolute atomic E-state index is 0.610. The van der Waals surface area contributed by atoms with Crippen molar-refractivity contribution >= 4 is 17.4 Å². The Morgan fingerprint density at radius 3 is 2.32 bits per heavy atom. The molecule has 0 radical (unpaired) electrons. The van der Waals surface area contributed by atoms with Gasteiger partial charge in [-0.05, 0) is 18.7 Å². The molecule has 2 N–H and O–H groups in total. The Morgan fingerprint density at radius 2 is 1.79 bits per heavy atom. The second-order valence-electron chi connectivity index (χ2n) is 3.94. The standard InChI is InChI=1S/C12H16N4O2S/c1-7-14-15-12(16(7)2)19-11-6-10(18-4)9(17-3)5-8(11)13/h5-6H,13H2,1-4H3. The summed E-state index contributed by atoms with van der Waals surface area (Å²) < 4.78 is 12.4. The van der Waals surface area contributed by atoms with E-state index in [4.69, 9.17) is 15.2 Å². The van der Waals surface area contributed by atoms with E-state index in [0.29, 0.717) is 17.2 Å². The van der Waals surface area contributed by atoms with Crippen LogP contribution in [0, 0.1) is 6.92 Å². The fourth-order valence-corrected chi connectivity index (χ4v) is 2.43. The summed E-state index contributed by atoms with van der Waals surface area (Å²) in [5.74, 6) is 2.10. The number of methoxy groups -OCH3 is 2. The fourth-order valence-electron chi connectivity index (χ4n) is 1.54. The Labute approximate surface area is 115 Å². The highest BCUT2D eigenvalue weighted by Crippen LogP contribution is 2.39. The molecule has 0 atom stereocenters. The minimum Gasteiger partial charge on any atom is -0.493 e. The Bertz CT molecular complexity index is 598. The number of hydrogen-bond acceptors (Lipinski definition) is 6. The van der Waals surface area contributed by atoms with Crippen molar-refractivity contribution in [1.82, 2.24) is 14.8 Å². The van der Waals surface area contributed by atoms with Gasteiger partial charge in [0.05, 0.1) is 14.2 Å². The van der Waals surface area contributed by atoms with Crippen LogP contribution in [-0.4, -0.2) is 29.0 Å². The van der Waals surface area contributed by atoms with Crippen LogP contribution in [0.1, 0.15) is 5.82 Å². The lowest BCUT2D eigenvalue weighted by Crippen LogP contribution is -1.97. The Hall–Kier alpha value is -1.89. The average molecular weight is 280 g/mol. The summed E-state index contributed by atoms with van der Waals surface area (Å²) in [7, 11) is 5.08. The molecule has 0 bridgehead atoms. The van der Waals surface area contributed by atoms with E-state index in [-0.39, 0.29) is 0 Å². The largest absolute Gasteiger partial charge is 0.493 e. The van der Waals surface area contributed by atoms with E-state index in [2.05, 4.69) is 10.2 Å². The van der Waals surface area contributed by atoms with Gasteiger partial charge >= 0.3 is 0 Å². The highest BCUT2D eigenvalue weighted by molar-refractivity contribution is 7.99. The zero-order valence-corrected chi connectivity index (χ0v) is 12.1. The number of nitrogens with two attached hydrogens (primary N) is 1. The van der Waals surface area contributed by atoms with Gasteiger partial charge in [0.2, 0.25) is 0 Å². The number of nitrogen functional groups attached to an aromatic ring is 1. The summed E-state index contributed by atoms with van der Waals surface area (Å²) in [6.45, 7) is 1.90. The molecule has 0 aliphatic heterocycles. The van der Waals surface area contributed by atoms with Gasteiger partial charge in [0.25, 0.3) is 0 Å². The van der Waals surface area contributed by atoms with Crippen LogP contribution in [0.4, 0.5) is 5.69 Å². The Kier molecular flexibility index (Phi) is 3.84. The van der Waals surface area contributed by atoms with E-state index >= 15 is 0 Å². The highest BCUT2D eigenvalue weighted by Gasteiger charge is 2.13. The van der Waals surface area contributed by atoms with Crippen LogP contribution in [0.2, 0.25) is 0 Å². The van der Waals surface area contributed by atoms with Crippen LogP contribution in [0.25, 0.3) is 0 Å². The highest BCUT2D eigenvalue weighted by atomic mass is 32.2. The molecule has 0 aliphatic carbocycles. The smallest absolute Gasteiger partial charge is 0.195 e. The first-order chi connectivity index (χ1) is 9.06. The lowest BCUT2D eigenvalue weighted by Gasteiger charge is -2.11. The van der Waals surface area contributed by atoms with Crippen molar-refractivity contribution in [2.75, 3.05) is 20.0 Å². The quantitative estimate of drug-likeness (QED) is 0.862. The molecule has 1 aromatic carbocycles. The van der Waals surface area contributed by atoms with Crippen LogP contribution in [0.15, 0.2) is 22.2 Å². The predicted molar refractivity (Wildman–Crippen MR) is 73.8 cm³/mol. The molecule has 0 aliphatic rings. The van der Waals surface area contributed by atoms with Gasteiger partial charge in [0, 0.05) is 29.8 Å². The van der Waals surface area contributed by atoms with Gasteiger partial charge in [-0.3, -0.25) is 0 Å². The second kappa shape index (κ2) is 5.40. The molecule has 0 unspecified atom stereocenters. The van der Waals surface area contributed by atoms with Crippen molar-refractivity contribution in [3.05, 3.63) is 18.0 Å². The van der Waals surface area contributed by atoms with E-state index in [0.717, 1.165) is 15.9 Å². The summed E-state index contributed by atoms with van der Waals surface area (Å²) >= 11 is 1.44. The maximum absolute atomic E-state index is 6.01. The van der Waals surface area contributed by atoms with Crippen LogP contribution in [0.3, 0.4) is 0 Å². The van der Waals surface area contributed by atoms with E-state index < -0.39 is 0 Å². The van der Waals surface area contributed by atoms with Gasteiger partial charge in [-0.15, -0.1) is 10.2 Å². The third-order valence-corrected chi connectivity index (χ3v) is 3.88. The summed E-state index contributed by atoms with van der Waals surface area (Å²) in [5, 5.41) is 8.89. The zero-order chi connectivity index (χ0) is 14.0. The zero-order valence-electron chi connectivity index (χ0n) is 11.3. The number of ether oxygens (including phenoxy) is 2. The molecule has 2 aromatic rings. The number of rotatable bonds is 4. The van der Waals surface area contributed by atoms with E-state index in [1.165, 1.54) is 11.8 Å². The van der Waals surface area contributed by atoms with Crippen LogP contribution >= 0.6 is 11.8 Å². The molecule has 0 saturated carbocycles. The normalized spacial score (nSPS) is 10.5. The van der Waals surface area contributed by atoms with Crippen LogP contribution in [-0.2, 0) is 7.05 Å². The molecule has 7 heteroatoms. The molecule has 1 heterocycles. The SMILES string of the molecule is COc1cc(N)c(Sc2nnc(C)n2C)cc1OC. The summed E-state index contributed by atoms with van der Waals surface area (Å²) in [6, 6.07) is 3.58. The first-order valence-corrected chi connectivity index (χ1v) is 6.43. The monoisotopic (exact) mass is 280 g/mol. The third kappa shape index (κ3) is 2.60. The fraction of sp³-hybridized carbons (Fsp3) is 0.333. The van der Waals surface area contributed by atoms with E-state index in [1.807, 2.05) is 24.6 Å². The lowest BCUT2D eigenvalue weighted by atomic mass is 10.3. The number of nitrogens with zero attached hydrogens (tertiary/aromatic N) is 3. The second-order valence-corrected chi connectivity index (χ2v) is 4.94. The summed E-state index contributed by atoms with van der Waals surface area (Å²) in [5.41, 5.74) is 6.63. The van der Waals surface area contributed by atoms with Gasteiger partial charge in [-0.25, -0.2) is 0 Å². The number of benzene rings is 1. The first kappa shape index (κ1) is 13.5. The molecule has 0 fully saturated rings. The van der Waals surface area contributed by atoms with Crippen LogP contribution < -0.4 is 15.2 Å². The number of anilines is 1. The Morgan fingerprint density at radius 1 is 1.16 bits per heavy atom. The van der Waals surface area contributed by atoms with Gasteiger partial charge in [-0.2, -0.15) is 0 Å². The van der Waals surface area contributed by atoms with Crippen LogP contribution in [0.5, 0.6) is 11.5 Å². The maximum Gasteiger partial charge on any atom is 0.195 e. The van der Waals surface area contributed by atoms with Gasteiger partial charge in [-0.1, -0.05) is 0 Å². The lowest BCUT2D eigenvalue weighted by molar-refractivity contribution is 0.354. The molecule has 0 amide bonds. The third-order valence-electron chi connectivity index (χ3n) is 2.77. The van der Waals surface area contributed by atoms with Gasteiger partial charge < -0.3 is 19.8 Å². The first-order valence-electron chi connectivity index (χ1n) is 5.62. The van der Waals surface area contributed by atoms with Crippen molar-refractivity contribution in [3.63, 3.8) is 0 Å². The van der Waals surface area contributed by atoms with Gasteiger partial charge in [0.1, 0.15) is 5.82 Å². The molecule has 0 saturated heterocycles. The predicted octanol–water partition coefficient (Wildman–Crippen LogP) is 1.87. The number of aromatic nitrogens is 3. The summed E-state index contributed by atoms with van der Waals surface area (Å²) in [4.78, 5) is 0.855. The number of aryl methyl sites for hydroxylation is 1. The molecule has 2 rings (SSSR count). The van der Waals surface area contributed by atoms with Gasteiger partial charge in [0.15, 0.2) is 16.7 Å². The molecule has 0 spiro atoms. The van der Waals surface area contributed by atoms with Crippen molar-refractivity contribution < 1.29 is 9.47 Å². The molecule has 1 aromatic heterocycles. The van der Waals surface area contributed by atoms with E-state index in [9.17, 15) is 0 Å². The van der Waals surface area contributed by atoms with E-state index in [1.54, 1.807) is 20.3 Å². The van der Waals surface area contributed by atoms with Crippen molar-refractivity contribution in [3.8, 4) is 11.5 Å². The average Bonchev–Trinajstić information content (AvgIpc) is 2.72. The maximum atomic E-state index is 6.01. The van der Waals surface area contributed by atoms with Crippen molar-refractivity contribution in [1.29, 1.82) is 0 Å². The molecular weight excluding hydrogens is 264 g/mol. The van der Waals surface area contributed by atoms with Crippen molar-refractivity contribution in [2.45, 2.75) is 17.0 Å². The Balaban J connectivity index is 2.37. The number of hydrogen-bond donors (Lipinski definition) is 1. The molecular formula is C12H16N4O2S.